The van der Waals surface area contributed by atoms with Crippen LogP contribution in [0.4, 0.5) is 0 Å². The van der Waals surface area contributed by atoms with E-state index in [1.165, 1.54) is 38.9 Å². The predicted octanol–water partition coefficient (Wildman–Crippen LogP) is 3.47. The van der Waals surface area contributed by atoms with Crippen LogP contribution in [0.15, 0.2) is 0 Å². The summed E-state index contributed by atoms with van der Waals surface area (Å²) >= 11 is 4.39. The second-order valence-corrected chi connectivity index (χ2v) is 6.54. The first kappa shape index (κ1) is 12.7. The van der Waals surface area contributed by atoms with E-state index in [0.29, 0.717) is 4.75 Å². The molecule has 0 amide bonds. The van der Waals surface area contributed by atoms with E-state index in [4.69, 9.17) is 0 Å². The zero-order chi connectivity index (χ0) is 10.6. The zero-order valence-electron chi connectivity index (χ0n) is 9.62. The Hall–Kier alpha value is 0.660. The number of thiol groups is 1. The van der Waals surface area contributed by atoms with Gasteiger partial charge in [-0.2, -0.15) is 0 Å². The maximum Gasteiger partial charge on any atom is 0.0233 e. The van der Waals surface area contributed by atoms with Gasteiger partial charge in [0.15, 0.2) is 0 Å². The summed E-state index contributed by atoms with van der Waals surface area (Å²) in [4.78, 5) is 2.57. The van der Waals surface area contributed by atoms with Crippen LogP contribution in [0.2, 0.25) is 0 Å². The summed E-state index contributed by atoms with van der Waals surface area (Å²) in [6.07, 6.45) is 4.07. The van der Waals surface area contributed by atoms with E-state index in [9.17, 15) is 0 Å². The molecule has 1 aliphatic heterocycles. The van der Waals surface area contributed by atoms with Crippen molar-refractivity contribution < 1.29 is 0 Å². The van der Waals surface area contributed by atoms with Crippen molar-refractivity contribution in [1.29, 1.82) is 0 Å². The molecule has 0 aromatic heterocycles. The Morgan fingerprint density at radius 1 is 1.36 bits per heavy atom. The number of hydrogen-bond acceptors (Lipinski definition) is 3. The Morgan fingerprint density at radius 3 is 2.64 bits per heavy atom. The monoisotopic (exact) mass is 233 g/mol. The van der Waals surface area contributed by atoms with Gasteiger partial charge in [-0.05, 0) is 58.7 Å². The minimum absolute atomic E-state index is 0.340. The van der Waals surface area contributed by atoms with Gasteiger partial charge in [-0.15, -0.1) is 11.7 Å². The maximum atomic E-state index is 4.39. The van der Waals surface area contributed by atoms with Crippen molar-refractivity contribution in [3.05, 3.63) is 0 Å². The number of nitrogens with zero attached hydrogens (tertiary/aromatic N) is 1. The number of likely N-dealkylation sites (tertiary alicyclic amines) is 1. The van der Waals surface area contributed by atoms with E-state index in [1.807, 2.05) is 0 Å². The number of hydrogen-bond donors (Lipinski definition) is 1. The van der Waals surface area contributed by atoms with Gasteiger partial charge in [0, 0.05) is 4.75 Å². The first-order valence-electron chi connectivity index (χ1n) is 5.65. The fraction of sp³-hybridized carbons (Fsp3) is 1.00. The summed E-state index contributed by atoms with van der Waals surface area (Å²) in [7, 11) is 1.73. The zero-order valence-corrected chi connectivity index (χ0v) is 11.3. The topological polar surface area (TPSA) is 3.24 Å². The second-order valence-electron chi connectivity index (χ2n) is 4.76. The average Bonchev–Trinajstić information content (AvgIpc) is 2.42. The molecule has 0 aliphatic carbocycles. The minimum atomic E-state index is 0.340. The summed E-state index contributed by atoms with van der Waals surface area (Å²) in [5.74, 6) is 0.835. The first-order valence-corrected chi connectivity index (χ1v) is 7.52. The van der Waals surface area contributed by atoms with Crippen molar-refractivity contribution in [2.75, 3.05) is 19.6 Å². The van der Waals surface area contributed by atoms with Crippen LogP contribution in [-0.2, 0) is 0 Å². The molecule has 0 unspecified atom stereocenters. The molecule has 1 saturated heterocycles. The highest BCUT2D eigenvalue weighted by Crippen LogP contribution is 2.40. The highest BCUT2D eigenvalue weighted by Gasteiger charge is 2.30. The van der Waals surface area contributed by atoms with E-state index in [1.54, 1.807) is 10.8 Å². The largest absolute Gasteiger partial charge is 0.304 e. The number of rotatable bonds is 3. The van der Waals surface area contributed by atoms with Crippen molar-refractivity contribution >= 4 is 22.5 Å². The molecule has 1 fully saturated rings. The Bertz CT molecular complexity index is 171. The highest BCUT2D eigenvalue weighted by atomic mass is 33.1. The van der Waals surface area contributed by atoms with Gasteiger partial charge in [0.2, 0.25) is 0 Å². The molecule has 0 aromatic rings. The van der Waals surface area contributed by atoms with E-state index in [0.717, 1.165) is 5.92 Å². The molecule has 84 valence electrons. The molecule has 0 bridgehead atoms. The molecular weight excluding hydrogens is 210 g/mol. The molecule has 1 rings (SSSR count). The van der Waals surface area contributed by atoms with E-state index >= 15 is 0 Å². The van der Waals surface area contributed by atoms with E-state index in [2.05, 4.69) is 37.3 Å². The lowest BCUT2D eigenvalue weighted by molar-refractivity contribution is 0.290. The molecular formula is C11H23NS2. The third-order valence-electron chi connectivity index (χ3n) is 3.49. The molecule has 0 aromatic carbocycles. The molecule has 0 saturated carbocycles. The predicted molar refractivity (Wildman–Crippen MR) is 70.1 cm³/mol. The molecule has 1 atom stereocenters. The second kappa shape index (κ2) is 5.66. The molecule has 14 heavy (non-hydrogen) atoms. The lowest BCUT2D eigenvalue weighted by Gasteiger charge is -2.31. The normalized spacial score (nSPS) is 26.1. The molecule has 1 aliphatic rings. The van der Waals surface area contributed by atoms with Crippen molar-refractivity contribution in [2.24, 2.45) is 5.92 Å². The molecule has 1 nitrogen and oxygen atoms in total. The smallest absolute Gasteiger partial charge is 0.0233 e. The molecule has 3 heteroatoms. The van der Waals surface area contributed by atoms with Gasteiger partial charge in [0.05, 0.1) is 0 Å². The third kappa shape index (κ3) is 3.35. The van der Waals surface area contributed by atoms with Crippen molar-refractivity contribution in [1.82, 2.24) is 4.90 Å². The van der Waals surface area contributed by atoms with Crippen molar-refractivity contribution in [3.63, 3.8) is 0 Å². The van der Waals surface area contributed by atoms with E-state index in [-0.39, 0.29) is 0 Å². The molecule has 0 N–H and O–H groups in total. The molecule has 0 radical (unpaired) electrons. The average molecular weight is 233 g/mol. The quantitative estimate of drug-likeness (QED) is 0.587. The Morgan fingerprint density at radius 2 is 2.07 bits per heavy atom. The standard InChI is InChI=1S/C11H23NS2/c1-4-12-8-5-6-10(7-9-12)11(2,3)14-13/h10,13H,4-9H2,1-3H3/t10-/m1/s1. The highest BCUT2D eigenvalue weighted by molar-refractivity contribution is 8.69. The fourth-order valence-electron chi connectivity index (χ4n) is 2.24. The first-order chi connectivity index (χ1) is 6.60. The van der Waals surface area contributed by atoms with Crippen LogP contribution in [0.25, 0.3) is 0 Å². The minimum Gasteiger partial charge on any atom is -0.304 e. The van der Waals surface area contributed by atoms with Crippen LogP contribution < -0.4 is 0 Å². The summed E-state index contributed by atoms with van der Waals surface area (Å²) in [6, 6.07) is 0. The Labute approximate surface area is 97.8 Å². The van der Waals surface area contributed by atoms with Crippen LogP contribution >= 0.6 is 22.5 Å². The van der Waals surface area contributed by atoms with Gasteiger partial charge in [0.1, 0.15) is 0 Å². The molecule has 1 heterocycles. The summed E-state index contributed by atoms with van der Waals surface area (Å²) in [5.41, 5.74) is 0. The van der Waals surface area contributed by atoms with Gasteiger partial charge in [0.25, 0.3) is 0 Å². The Balaban J connectivity index is 2.49. The summed E-state index contributed by atoms with van der Waals surface area (Å²) < 4.78 is 0.340. The fourth-order valence-corrected chi connectivity index (χ4v) is 3.07. The SMILES string of the molecule is CCN1CCC[C@@H](C(C)(C)SS)CC1. The van der Waals surface area contributed by atoms with Gasteiger partial charge in [-0.25, -0.2) is 0 Å². The van der Waals surface area contributed by atoms with Gasteiger partial charge < -0.3 is 4.90 Å². The molecule has 0 spiro atoms. The third-order valence-corrected chi connectivity index (χ3v) is 5.70. The lowest BCUT2D eigenvalue weighted by atomic mass is 9.88. The van der Waals surface area contributed by atoms with Gasteiger partial charge in [-0.3, -0.25) is 0 Å². The van der Waals surface area contributed by atoms with Gasteiger partial charge >= 0.3 is 0 Å². The maximum absolute atomic E-state index is 4.39. The van der Waals surface area contributed by atoms with Crippen LogP contribution in [0.5, 0.6) is 0 Å². The van der Waals surface area contributed by atoms with Crippen LogP contribution in [-0.4, -0.2) is 29.3 Å². The lowest BCUT2D eigenvalue weighted by Crippen LogP contribution is -2.28. The summed E-state index contributed by atoms with van der Waals surface area (Å²) in [5, 5.41) is 0. The summed E-state index contributed by atoms with van der Waals surface area (Å²) in [6.45, 7) is 10.7. The van der Waals surface area contributed by atoms with Crippen molar-refractivity contribution in [2.45, 2.75) is 44.8 Å². The van der Waals surface area contributed by atoms with Crippen LogP contribution in [0.1, 0.15) is 40.0 Å². The van der Waals surface area contributed by atoms with Crippen molar-refractivity contribution in [3.8, 4) is 0 Å². The van der Waals surface area contributed by atoms with E-state index < -0.39 is 0 Å². The van der Waals surface area contributed by atoms with Gasteiger partial charge in [-0.1, -0.05) is 17.7 Å². The Kier molecular flexibility index (Phi) is 5.15. The van der Waals surface area contributed by atoms with Crippen LogP contribution in [0, 0.1) is 5.92 Å². The van der Waals surface area contributed by atoms with Crippen LogP contribution in [0.3, 0.4) is 0 Å².